The second-order valence-corrected chi connectivity index (χ2v) is 11.7. The summed E-state index contributed by atoms with van der Waals surface area (Å²) in [5, 5.41) is 7.54. The van der Waals surface area contributed by atoms with Crippen molar-refractivity contribution in [2.75, 3.05) is 6.26 Å². The van der Waals surface area contributed by atoms with Crippen LogP contribution in [0.5, 0.6) is 11.5 Å². The molecule has 10 heteroatoms. The van der Waals surface area contributed by atoms with Gasteiger partial charge in [-0.3, -0.25) is 14.3 Å². The van der Waals surface area contributed by atoms with Gasteiger partial charge in [0.1, 0.15) is 0 Å². The number of thioether (sulfide) groups is 1. The lowest BCUT2D eigenvalue weighted by Crippen LogP contribution is -2.44. The average molecular weight is 557 g/mol. The van der Waals surface area contributed by atoms with Crippen LogP contribution in [0.3, 0.4) is 0 Å². The van der Waals surface area contributed by atoms with Crippen LogP contribution in [0.2, 0.25) is 5.02 Å². The van der Waals surface area contributed by atoms with E-state index >= 15 is 0 Å². The molecular weight excluding hydrogens is 524 g/mol. The summed E-state index contributed by atoms with van der Waals surface area (Å²) in [4.78, 5) is 29.3. The number of halogens is 1. The van der Waals surface area contributed by atoms with Gasteiger partial charge in [0.25, 0.3) is 17.3 Å². The number of rotatable bonds is 6. The van der Waals surface area contributed by atoms with Crippen LogP contribution in [0.1, 0.15) is 71.3 Å². The van der Waals surface area contributed by atoms with Gasteiger partial charge < -0.3 is 19.8 Å². The number of aromatic nitrogens is 3. The van der Waals surface area contributed by atoms with E-state index in [9.17, 15) is 9.59 Å². The molecule has 202 valence electrons. The Kier molecular flexibility index (Phi) is 7.26. The Morgan fingerprint density at radius 2 is 1.95 bits per heavy atom. The molecule has 1 aliphatic carbocycles. The van der Waals surface area contributed by atoms with Crippen molar-refractivity contribution in [2.24, 2.45) is 13.0 Å². The zero-order valence-electron chi connectivity index (χ0n) is 22.3. The number of aryl methyl sites for hydroxylation is 2. The third-order valence-electron chi connectivity index (χ3n) is 7.83. The van der Waals surface area contributed by atoms with E-state index in [0.717, 1.165) is 36.3 Å². The number of ether oxygens (including phenoxy) is 2. The van der Waals surface area contributed by atoms with Crippen molar-refractivity contribution in [1.82, 2.24) is 20.1 Å². The number of amides is 1. The largest absolute Gasteiger partial charge is 0.448 e. The number of nitrogens with one attached hydrogen (secondary N) is 2. The van der Waals surface area contributed by atoms with Crippen LogP contribution in [-0.2, 0) is 13.6 Å². The van der Waals surface area contributed by atoms with E-state index in [-0.39, 0.29) is 23.9 Å². The number of H-pyrrole nitrogens is 1. The Balaban J connectivity index is 1.30. The molecule has 3 heterocycles. The molecule has 2 aromatic heterocycles. The molecule has 0 unspecified atom stereocenters. The van der Waals surface area contributed by atoms with E-state index in [2.05, 4.69) is 21.6 Å². The smallest absolute Gasteiger partial charge is 0.254 e. The number of fused-ring (bicyclic) bond motifs is 1. The Bertz CT molecular complexity index is 1440. The summed E-state index contributed by atoms with van der Waals surface area (Å²) in [6.45, 7) is 5.74. The monoisotopic (exact) mass is 556 g/mol. The number of carbonyl (C=O) groups is 1. The quantitative estimate of drug-likeness (QED) is 0.389. The number of hydrogen-bond donors (Lipinski definition) is 2. The first-order valence-corrected chi connectivity index (χ1v) is 14.4. The third kappa shape index (κ3) is 4.94. The maximum atomic E-state index is 13.2. The summed E-state index contributed by atoms with van der Waals surface area (Å²) in [7, 11) is 1.94. The third-order valence-corrected chi connectivity index (χ3v) is 8.92. The predicted octanol–water partition coefficient (Wildman–Crippen LogP) is 5.49. The highest BCUT2D eigenvalue weighted by atomic mass is 35.5. The molecule has 1 aromatic carbocycles. The number of carbonyl (C=O) groups excluding carboxylic acids is 1. The van der Waals surface area contributed by atoms with Gasteiger partial charge in [0, 0.05) is 59.9 Å². The molecule has 2 N–H and O–H groups in total. The lowest BCUT2D eigenvalue weighted by molar-refractivity contribution is -0.121. The molecule has 3 aromatic rings. The molecule has 38 heavy (non-hydrogen) atoms. The van der Waals surface area contributed by atoms with E-state index in [1.54, 1.807) is 6.07 Å². The van der Waals surface area contributed by atoms with Crippen molar-refractivity contribution < 1.29 is 14.3 Å². The van der Waals surface area contributed by atoms with Crippen LogP contribution < -0.4 is 20.3 Å². The fourth-order valence-electron chi connectivity index (χ4n) is 5.65. The van der Waals surface area contributed by atoms with Crippen molar-refractivity contribution in [2.45, 2.75) is 69.6 Å². The molecule has 0 bridgehead atoms. The fraction of sp³-hybridized carbons (Fsp3) is 0.464. The first kappa shape index (κ1) is 26.7. The Morgan fingerprint density at radius 1 is 1.24 bits per heavy atom. The molecular formula is C28H33ClN4O4S. The minimum absolute atomic E-state index is 0.105. The molecule has 8 nitrogen and oxygen atoms in total. The summed E-state index contributed by atoms with van der Waals surface area (Å²) in [5.74, 6) is 0.492. The Hall–Kier alpha value is -2.91. The van der Waals surface area contributed by atoms with Crippen LogP contribution in [0.25, 0.3) is 0 Å². The fourth-order valence-corrected chi connectivity index (χ4v) is 6.59. The summed E-state index contributed by atoms with van der Waals surface area (Å²) >= 11 is 8.09. The van der Waals surface area contributed by atoms with E-state index in [4.69, 9.17) is 21.1 Å². The number of benzene rings is 1. The van der Waals surface area contributed by atoms with Gasteiger partial charge in [0.05, 0.1) is 11.2 Å². The first-order valence-electron chi connectivity index (χ1n) is 12.8. The van der Waals surface area contributed by atoms with Crippen LogP contribution in [0, 0.1) is 19.8 Å². The van der Waals surface area contributed by atoms with Gasteiger partial charge in [-0.25, -0.2) is 0 Å². The molecule has 1 saturated carbocycles. The van der Waals surface area contributed by atoms with E-state index in [0.29, 0.717) is 39.1 Å². The number of pyridine rings is 1. The number of hydrogen-bond acceptors (Lipinski definition) is 6. The minimum atomic E-state index is -0.853. The summed E-state index contributed by atoms with van der Waals surface area (Å²) in [6.07, 6.45) is 9.93. The van der Waals surface area contributed by atoms with Gasteiger partial charge in [-0.15, -0.1) is 11.8 Å². The van der Waals surface area contributed by atoms with Gasteiger partial charge in [0.2, 0.25) is 0 Å². The Labute approximate surface area is 231 Å². The summed E-state index contributed by atoms with van der Waals surface area (Å²) < 4.78 is 14.7. The molecule has 5 rings (SSSR count). The maximum absolute atomic E-state index is 13.2. The molecule has 0 radical (unpaired) electrons. The maximum Gasteiger partial charge on any atom is 0.254 e. The first-order chi connectivity index (χ1) is 18.1. The molecule has 0 saturated heterocycles. The van der Waals surface area contributed by atoms with Gasteiger partial charge in [-0.2, -0.15) is 5.10 Å². The van der Waals surface area contributed by atoms with Crippen molar-refractivity contribution in [3.05, 3.63) is 67.9 Å². The molecule has 0 spiro atoms. The lowest BCUT2D eigenvalue weighted by Gasteiger charge is -2.37. The minimum Gasteiger partial charge on any atom is -0.448 e. The molecule has 1 fully saturated rings. The highest BCUT2D eigenvalue weighted by Crippen LogP contribution is 2.52. The standard InChI is InChI=1S/C28H33ClN4O4S/c1-15-10-23(38-5)21(27(35)32-15)13-30-26(34)20-11-22(29)25-24(16(20)2)36-28(3,37-25)19-8-6-17(7-9-19)18-12-31-33(4)14-18/h10-12,14,17,19H,6-9,13H2,1-5H3,(H,30,34)(H,32,35)/t17-,19-,28-/m0/s1. The number of nitrogens with zero attached hydrogens (tertiary/aromatic N) is 2. The van der Waals surface area contributed by atoms with E-state index < -0.39 is 5.79 Å². The topological polar surface area (TPSA) is 98.2 Å². The molecule has 1 amide bonds. The van der Waals surface area contributed by atoms with Crippen LogP contribution in [-0.4, -0.2) is 32.7 Å². The van der Waals surface area contributed by atoms with Crippen LogP contribution in [0.4, 0.5) is 0 Å². The predicted molar refractivity (Wildman–Crippen MR) is 149 cm³/mol. The molecule has 2 aliphatic rings. The van der Waals surface area contributed by atoms with Crippen LogP contribution in [0.15, 0.2) is 34.2 Å². The van der Waals surface area contributed by atoms with Crippen molar-refractivity contribution in [3.63, 3.8) is 0 Å². The molecule has 1 aliphatic heterocycles. The van der Waals surface area contributed by atoms with Crippen molar-refractivity contribution >= 4 is 29.3 Å². The lowest BCUT2D eigenvalue weighted by atomic mass is 9.76. The SMILES string of the molecule is CSc1cc(C)[nH]c(=O)c1CNC(=O)c1cc(Cl)c2c(c1C)O[C@](C)([C@H]1CC[C@H](c3cnn(C)c3)CC1)O2. The molecule has 1 atom stereocenters. The van der Waals surface area contributed by atoms with Gasteiger partial charge in [0.15, 0.2) is 11.5 Å². The zero-order valence-corrected chi connectivity index (χ0v) is 23.9. The van der Waals surface area contributed by atoms with Gasteiger partial charge in [-0.05, 0) is 69.4 Å². The van der Waals surface area contributed by atoms with Gasteiger partial charge in [-0.1, -0.05) is 11.6 Å². The van der Waals surface area contributed by atoms with Crippen LogP contribution >= 0.6 is 23.4 Å². The van der Waals surface area contributed by atoms with E-state index in [1.807, 2.05) is 51.0 Å². The second kappa shape index (κ2) is 10.3. The highest BCUT2D eigenvalue weighted by molar-refractivity contribution is 7.98. The Morgan fingerprint density at radius 3 is 2.61 bits per heavy atom. The summed E-state index contributed by atoms with van der Waals surface area (Å²) in [5.41, 5.74) is 3.44. The zero-order chi connectivity index (χ0) is 27.2. The highest BCUT2D eigenvalue weighted by Gasteiger charge is 2.47. The summed E-state index contributed by atoms with van der Waals surface area (Å²) in [6, 6.07) is 3.52. The second-order valence-electron chi connectivity index (χ2n) is 10.4. The van der Waals surface area contributed by atoms with E-state index in [1.165, 1.54) is 17.3 Å². The number of aromatic amines is 1. The average Bonchev–Trinajstić information content (AvgIpc) is 3.49. The van der Waals surface area contributed by atoms with Crippen molar-refractivity contribution in [3.8, 4) is 11.5 Å². The van der Waals surface area contributed by atoms with Crippen molar-refractivity contribution in [1.29, 1.82) is 0 Å². The van der Waals surface area contributed by atoms with Gasteiger partial charge >= 0.3 is 0 Å². The normalized spacial score (nSPS) is 22.5.